The van der Waals surface area contributed by atoms with Crippen LogP contribution in [-0.4, -0.2) is 35.7 Å². The fourth-order valence-electron chi connectivity index (χ4n) is 5.34. The largest absolute Gasteiger partial charge is 0.490 e. The average Bonchev–Trinajstić information content (AvgIpc) is 3.66. The van der Waals surface area contributed by atoms with E-state index in [9.17, 15) is 36.2 Å². The summed E-state index contributed by atoms with van der Waals surface area (Å²) in [5.41, 5.74) is -0.655. The molecule has 1 saturated carbocycles. The summed E-state index contributed by atoms with van der Waals surface area (Å²) in [4.78, 5) is 13.2. The lowest BCUT2D eigenvalue weighted by atomic mass is 9.82. The van der Waals surface area contributed by atoms with Crippen LogP contribution in [0, 0.1) is 11.8 Å². The highest BCUT2D eigenvalue weighted by Gasteiger charge is 2.39. The molecule has 0 spiro atoms. The third-order valence-electron chi connectivity index (χ3n) is 7.57. The lowest BCUT2D eigenvalue weighted by molar-refractivity contribution is -0.142. The summed E-state index contributed by atoms with van der Waals surface area (Å²) < 4.78 is 85.8. The monoisotopic (exact) mass is 543 g/mol. The van der Waals surface area contributed by atoms with Crippen molar-refractivity contribution >= 4 is 5.97 Å². The van der Waals surface area contributed by atoms with Crippen LogP contribution in [0.25, 0.3) is 0 Å². The maximum atomic E-state index is 13.4. The van der Waals surface area contributed by atoms with Gasteiger partial charge < -0.3 is 14.7 Å². The van der Waals surface area contributed by atoms with Crippen molar-refractivity contribution in [3.05, 3.63) is 64.2 Å². The molecule has 0 amide bonds. The van der Waals surface area contributed by atoms with Crippen LogP contribution < -0.4 is 4.74 Å². The zero-order valence-electron chi connectivity index (χ0n) is 21.2. The molecule has 1 N–H and O–H groups in total. The molecule has 2 aliphatic rings. The van der Waals surface area contributed by atoms with Crippen LogP contribution in [0.5, 0.6) is 5.75 Å². The number of carboxylic acids is 1. The molecule has 1 aliphatic heterocycles. The van der Waals surface area contributed by atoms with Crippen molar-refractivity contribution in [2.24, 2.45) is 11.8 Å². The number of halogens is 6. The standard InChI is InChI=1S/C28H31F6NO3/c1-16(26(36)37)25(18-4-5-18)19-6-3-17-7-9-22(38-24(17)14-19)11-12-35(2)15-20-13-21(27(29,30)31)8-10-23(20)28(32,33)34/h3,6,8,10,13-14,16,18,22,25H,4-5,7,9,11-12,15H2,1-2H3,(H,36,37)/t16-,22?,25?/m0/s1. The van der Waals surface area contributed by atoms with Gasteiger partial charge in [0.05, 0.1) is 17.0 Å². The Balaban J connectivity index is 1.42. The molecule has 0 bridgehead atoms. The number of nitrogens with zero attached hydrogens (tertiary/aromatic N) is 1. The van der Waals surface area contributed by atoms with Crippen LogP contribution in [0.4, 0.5) is 26.3 Å². The van der Waals surface area contributed by atoms with Gasteiger partial charge in [0.15, 0.2) is 0 Å². The Hall–Kier alpha value is -2.75. The second kappa shape index (κ2) is 10.8. The van der Waals surface area contributed by atoms with Crippen molar-refractivity contribution in [2.45, 2.75) is 69.9 Å². The van der Waals surface area contributed by atoms with Gasteiger partial charge >= 0.3 is 18.3 Å². The van der Waals surface area contributed by atoms with Crippen molar-refractivity contribution in [1.82, 2.24) is 4.90 Å². The minimum atomic E-state index is -4.76. The highest BCUT2D eigenvalue weighted by Crippen LogP contribution is 2.48. The summed E-state index contributed by atoms with van der Waals surface area (Å²) in [6.07, 6.45) is -5.77. The van der Waals surface area contributed by atoms with Crippen LogP contribution in [0.3, 0.4) is 0 Å². The average molecular weight is 544 g/mol. The van der Waals surface area contributed by atoms with Crippen molar-refractivity contribution in [2.75, 3.05) is 13.6 Å². The first kappa shape index (κ1) is 28.3. The molecule has 1 fully saturated rings. The first-order valence-electron chi connectivity index (χ1n) is 12.7. The molecule has 0 aromatic heterocycles. The van der Waals surface area contributed by atoms with Gasteiger partial charge in [-0.25, -0.2) is 0 Å². The molecular weight excluding hydrogens is 512 g/mol. The number of hydrogen-bond donors (Lipinski definition) is 1. The predicted octanol–water partition coefficient (Wildman–Crippen LogP) is 7.15. The lowest BCUT2D eigenvalue weighted by Gasteiger charge is -2.30. The number of ether oxygens (including phenoxy) is 1. The molecule has 2 aromatic carbocycles. The number of fused-ring (bicyclic) bond motifs is 1. The number of benzene rings is 2. The molecule has 2 unspecified atom stereocenters. The number of hydrogen-bond acceptors (Lipinski definition) is 3. The van der Waals surface area contributed by atoms with Gasteiger partial charge in [0, 0.05) is 13.1 Å². The van der Waals surface area contributed by atoms with E-state index in [1.807, 2.05) is 18.2 Å². The second-order valence-electron chi connectivity index (χ2n) is 10.5. The summed E-state index contributed by atoms with van der Waals surface area (Å²) in [7, 11) is 1.57. The Morgan fingerprint density at radius 2 is 1.76 bits per heavy atom. The summed E-state index contributed by atoms with van der Waals surface area (Å²) in [5.74, 6) is -0.420. The van der Waals surface area contributed by atoms with Gasteiger partial charge in [-0.2, -0.15) is 26.3 Å². The van der Waals surface area contributed by atoms with E-state index in [4.69, 9.17) is 4.74 Å². The lowest BCUT2D eigenvalue weighted by Crippen LogP contribution is -2.29. The maximum Gasteiger partial charge on any atom is 0.416 e. The number of alkyl halides is 6. The Morgan fingerprint density at radius 1 is 1.05 bits per heavy atom. The van der Waals surface area contributed by atoms with E-state index in [2.05, 4.69) is 0 Å². The number of carboxylic acid groups (broad SMARTS) is 1. The molecule has 10 heteroatoms. The third-order valence-corrected chi connectivity index (χ3v) is 7.57. The first-order valence-corrected chi connectivity index (χ1v) is 12.7. The molecule has 208 valence electrons. The zero-order valence-corrected chi connectivity index (χ0v) is 21.2. The van der Waals surface area contributed by atoms with Gasteiger partial charge in [0.1, 0.15) is 11.9 Å². The fourth-order valence-corrected chi connectivity index (χ4v) is 5.34. The van der Waals surface area contributed by atoms with Gasteiger partial charge in [-0.05, 0) is 91.9 Å². The van der Waals surface area contributed by atoms with E-state index in [0.29, 0.717) is 49.3 Å². The summed E-state index contributed by atoms with van der Waals surface area (Å²) in [6.45, 7) is 1.76. The van der Waals surface area contributed by atoms with Crippen molar-refractivity contribution in [3.8, 4) is 5.75 Å². The number of aliphatic carboxylic acids is 1. The van der Waals surface area contributed by atoms with Crippen LogP contribution in [-0.2, 0) is 30.1 Å². The minimum absolute atomic E-state index is 0.0943. The van der Waals surface area contributed by atoms with Crippen molar-refractivity contribution in [3.63, 3.8) is 0 Å². The quantitative estimate of drug-likeness (QED) is 0.341. The van der Waals surface area contributed by atoms with Crippen LogP contribution in [0.15, 0.2) is 36.4 Å². The Bertz CT molecular complexity index is 1160. The van der Waals surface area contributed by atoms with Crippen LogP contribution in [0.2, 0.25) is 0 Å². The van der Waals surface area contributed by atoms with E-state index in [-0.39, 0.29) is 18.6 Å². The summed E-state index contributed by atoms with van der Waals surface area (Å²) in [6, 6.07) is 7.40. The molecule has 2 aromatic rings. The Labute approximate surface area is 217 Å². The van der Waals surface area contributed by atoms with E-state index in [0.717, 1.165) is 30.4 Å². The first-order chi connectivity index (χ1) is 17.7. The molecule has 1 heterocycles. The molecule has 3 atom stereocenters. The Morgan fingerprint density at radius 3 is 2.37 bits per heavy atom. The molecular formula is C28H31F6NO3. The van der Waals surface area contributed by atoms with Gasteiger partial charge in [-0.3, -0.25) is 4.79 Å². The van der Waals surface area contributed by atoms with Gasteiger partial charge in [-0.15, -0.1) is 0 Å². The number of aryl methyl sites for hydroxylation is 1. The van der Waals surface area contributed by atoms with Crippen LogP contribution in [0.1, 0.15) is 66.3 Å². The van der Waals surface area contributed by atoms with Crippen molar-refractivity contribution in [1.29, 1.82) is 0 Å². The highest BCUT2D eigenvalue weighted by molar-refractivity contribution is 5.71. The number of rotatable bonds is 9. The van der Waals surface area contributed by atoms with E-state index >= 15 is 0 Å². The van der Waals surface area contributed by atoms with Gasteiger partial charge in [0.25, 0.3) is 0 Å². The molecule has 4 rings (SSSR count). The minimum Gasteiger partial charge on any atom is -0.490 e. The van der Waals surface area contributed by atoms with Crippen LogP contribution >= 0.6 is 0 Å². The number of carbonyl (C=O) groups is 1. The highest BCUT2D eigenvalue weighted by atomic mass is 19.4. The van der Waals surface area contributed by atoms with E-state index in [1.165, 1.54) is 0 Å². The van der Waals surface area contributed by atoms with Crippen molar-refractivity contribution < 1.29 is 41.0 Å². The van der Waals surface area contributed by atoms with Gasteiger partial charge in [-0.1, -0.05) is 19.1 Å². The third kappa shape index (κ3) is 6.62. The van der Waals surface area contributed by atoms with Gasteiger partial charge in [0.2, 0.25) is 0 Å². The summed E-state index contributed by atoms with van der Waals surface area (Å²) >= 11 is 0. The predicted molar refractivity (Wildman–Crippen MR) is 129 cm³/mol. The summed E-state index contributed by atoms with van der Waals surface area (Å²) in [5, 5.41) is 9.56. The molecule has 4 nitrogen and oxygen atoms in total. The smallest absolute Gasteiger partial charge is 0.416 e. The maximum absolute atomic E-state index is 13.4. The topological polar surface area (TPSA) is 49.8 Å². The normalized spacial score (nSPS) is 19.6. The zero-order chi connectivity index (χ0) is 27.8. The second-order valence-corrected chi connectivity index (χ2v) is 10.5. The molecule has 0 saturated heterocycles. The molecule has 1 aliphatic carbocycles. The molecule has 38 heavy (non-hydrogen) atoms. The SMILES string of the molecule is C[C@H](C(=O)O)C(c1ccc2c(c1)OC(CCN(C)Cc1cc(C(F)(F)F)ccc1C(F)(F)F)CC2)C1CC1. The Kier molecular flexibility index (Phi) is 8.02. The van der Waals surface area contributed by atoms with E-state index in [1.54, 1.807) is 18.9 Å². The fraction of sp³-hybridized carbons (Fsp3) is 0.536. The van der Waals surface area contributed by atoms with E-state index < -0.39 is 40.9 Å². The molecule has 0 radical (unpaired) electrons.